The van der Waals surface area contributed by atoms with Crippen LogP contribution in [0.2, 0.25) is 0 Å². The van der Waals surface area contributed by atoms with Crippen molar-refractivity contribution in [1.29, 1.82) is 0 Å². The molecule has 0 unspecified atom stereocenters. The van der Waals surface area contributed by atoms with Gasteiger partial charge in [-0.3, -0.25) is 4.79 Å². The summed E-state index contributed by atoms with van der Waals surface area (Å²) in [6.45, 7) is 8.25. The second-order valence-corrected chi connectivity index (χ2v) is 7.34. The molecule has 0 aliphatic carbocycles. The fourth-order valence-corrected chi connectivity index (χ4v) is 2.58. The Kier molecular flexibility index (Phi) is 4.89. The number of benzene rings is 2. The van der Waals surface area contributed by atoms with Crippen LogP contribution >= 0.6 is 0 Å². The van der Waals surface area contributed by atoms with E-state index in [1.54, 1.807) is 0 Å². The second kappa shape index (κ2) is 7.12. The van der Waals surface area contributed by atoms with Gasteiger partial charge >= 0.3 is 0 Å². The van der Waals surface area contributed by atoms with E-state index in [1.807, 2.05) is 61.5 Å². The van der Waals surface area contributed by atoms with Crippen molar-refractivity contribution in [1.82, 2.24) is 15.5 Å². The lowest BCUT2D eigenvalue weighted by Crippen LogP contribution is -2.27. The minimum absolute atomic E-state index is 0.0555. The summed E-state index contributed by atoms with van der Waals surface area (Å²) in [6, 6.07) is 16.9. The van der Waals surface area contributed by atoms with E-state index in [0.717, 1.165) is 5.56 Å². The van der Waals surface area contributed by atoms with E-state index in [-0.39, 0.29) is 17.4 Å². The van der Waals surface area contributed by atoms with E-state index in [1.165, 1.54) is 5.56 Å². The summed E-state index contributed by atoms with van der Waals surface area (Å²) in [6.07, 6.45) is 0. The standard InChI is InChI=1S/C21H23N3O2/c1-14(20-23-18(24-26-20)15-8-6-5-7-9-15)22-19(25)16-10-12-17(13-11-16)21(2,3)4/h5-14H,1-4H3,(H,22,25)/t14-/m1/s1. The first-order valence-corrected chi connectivity index (χ1v) is 8.65. The third-order valence-electron chi connectivity index (χ3n) is 4.20. The van der Waals surface area contributed by atoms with Crippen LogP contribution < -0.4 is 5.32 Å². The molecule has 0 aliphatic heterocycles. The maximum Gasteiger partial charge on any atom is 0.251 e. The molecule has 0 aliphatic rings. The van der Waals surface area contributed by atoms with Crippen molar-refractivity contribution in [3.8, 4) is 11.4 Å². The van der Waals surface area contributed by atoms with Crippen LogP contribution in [0, 0.1) is 0 Å². The average molecular weight is 349 g/mol. The van der Waals surface area contributed by atoms with Crippen LogP contribution in [0.25, 0.3) is 11.4 Å². The molecule has 134 valence electrons. The van der Waals surface area contributed by atoms with Crippen molar-refractivity contribution in [2.75, 3.05) is 0 Å². The molecule has 1 amide bonds. The Bertz CT molecular complexity index is 878. The number of hydrogen-bond acceptors (Lipinski definition) is 4. The van der Waals surface area contributed by atoms with E-state index >= 15 is 0 Å². The second-order valence-electron chi connectivity index (χ2n) is 7.34. The first-order valence-electron chi connectivity index (χ1n) is 8.65. The zero-order valence-electron chi connectivity index (χ0n) is 15.5. The van der Waals surface area contributed by atoms with E-state index in [9.17, 15) is 4.79 Å². The van der Waals surface area contributed by atoms with Gasteiger partial charge in [-0.1, -0.05) is 68.4 Å². The lowest BCUT2D eigenvalue weighted by molar-refractivity contribution is 0.0932. The van der Waals surface area contributed by atoms with Crippen LogP contribution in [-0.4, -0.2) is 16.0 Å². The molecule has 5 nitrogen and oxygen atoms in total. The van der Waals surface area contributed by atoms with Crippen LogP contribution in [0.1, 0.15) is 55.5 Å². The van der Waals surface area contributed by atoms with Gasteiger partial charge in [-0.25, -0.2) is 0 Å². The number of rotatable bonds is 4. The molecule has 26 heavy (non-hydrogen) atoms. The van der Waals surface area contributed by atoms with Gasteiger partial charge in [0.15, 0.2) is 0 Å². The Labute approximate surface area is 153 Å². The van der Waals surface area contributed by atoms with E-state index in [4.69, 9.17) is 4.52 Å². The van der Waals surface area contributed by atoms with Gasteiger partial charge in [-0.05, 0) is 30.0 Å². The Morgan fingerprint density at radius 2 is 1.69 bits per heavy atom. The molecule has 0 spiro atoms. The molecule has 1 heterocycles. The summed E-state index contributed by atoms with van der Waals surface area (Å²) in [5.74, 6) is 0.720. The first kappa shape index (κ1) is 17.9. The smallest absolute Gasteiger partial charge is 0.251 e. The highest BCUT2D eigenvalue weighted by molar-refractivity contribution is 5.94. The Hall–Kier alpha value is -2.95. The summed E-state index contributed by atoms with van der Waals surface area (Å²) >= 11 is 0. The molecule has 1 aromatic heterocycles. The highest BCUT2D eigenvalue weighted by atomic mass is 16.5. The maximum atomic E-state index is 12.5. The van der Waals surface area contributed by atoms with Crippen molar-refractivity contribution in [3.05, 3.63) is 71.6 Å². The van der Waals surface area contributed by atoms with Crippen molar-refractivity contribution >= 4 is 5.91 Å². The lowest BCUT2D eigenvalue weighted by atomic mass is 9.86. The number of carbonyl (C=O) groups excluding carboxylic acids is 1. The number of amides is 1. The average Bonchev–Trinajstić information content (AvgIpc) is 3.12. The van der Waals surface area contributed by atoms with Gasteiger partial charge in [0.2, 0.25) is 11.7 Å². The lowest BCUT2D eigenvalue weighted by Gasteiger charge is -2.19. The predicted molar refractivity (Wildman–Crippen MR) is 101 cm³/mol. The van der Waals surface area contributed by atoms with Crippen molar-refractivity contribution in [2.24, 2.45) is 0 Å². The van der Waals surface area contributed by atoms with Crippen LogP contribution in [0.5, 0.6) is 0 Å². The summed E-state index contributed by atoms with van der Waals surface area (Å²) < 4.78 is 5.31. The normalized spacial score (nSPS) is 12.6. The Morgan fingerprint density at radius 1 is 1.04 bits per heavy atom. The summed E-state index contributed by atoms with van der Waals surface area (Å²) in [4.78, 5) is 16.8. The largest absolute Gasteiger partial charge is 0.341 e. The van der Waals surface area contributed by atoms with Gasteiger partial charge in [0, 0.05) is 11.1 Å². The van der Waals surface area contributed by atoms with Crippen molar-refractivity contribution in [2.45, 2.75) is 39.2 Å². The predicted octanol–water partition coefficient (Wildman–Crippen LogP) is 4.53. The quantitative estimate of drug-likeness (QED) is 0.751. The third kappa shape index (κ3) is 3.99. The first-order chi connectivity index (χ1) is 12.3. The molecule has 1 atom stereocenters. The fraction of sp³-hybridized carbons (Fsp3) is 0.286. The Balaban J connectivity index is 1.69. The van der Waals surface area contributed by atoms with Crippen LogP contribution in [0.3, 0.4) is 0 Å². The molecule has 1 N–H and O–H groups in total. The number of hydrogen-bond donors (Lipinski definition) is 1. The summed E-state index contributed by atoms with van der Waals surface area (Å²) in [7, 11) is 0. The van der Waals surface area contributed by atoms with Gasteiger partial charge in [0.1, 0.15) is 6.04 Å². The summed E-state index contributed by atoms with van der Waals surface area (Å²) in [5.41, 5.74) is 2.72. The van der Waals surface area contributed by atoms with Gasteiger partial charge < -0.3 is 9.84 Å². The third-order valence-corrected chi connectivity index (χ3v) is 4.20. The Morgan fingerprint density at radius 3 is 2.31 bits per heavy atom. The molecule has 0 fully saturated rings. The molecule has 3 aromatic rings. The minimum atomic E-state index is -0.380. The van der Waals surface area contributed by atoms with Gasteiger partial charge in [0.25, 0.3) is 5.91 Å². The van der Waals surface area contributed by atoms with E-state index < -0.39 is 0 Å². The highest BCUT2D eigenvalue weighted by Gasteiger charge is 2.19. The zero-order valence-corrected chi connectivity index (χ0v) is 15.5. The molecule has 0 saturated heterocycles. The SMILES string of the molecule is C[C@@H](NC(=O)c1ccc(C(C)(C)C)cc1)c1nc(-c2ccccc2)no1. The van der Waals surface area contributed by atoms with Gasteiger partial charge in [-0.2, -0.15) is 4.98 Å². The maximum absolute atomic E-state index is 12.5. The molecule has 0 radical (unpaired) electrons. The molecule has 0 saturated carbocycles. The molecule has 0 bridgehead atoms. The monoisotopic (exact) mass is 349 g/mol. The van der Waals surface area contributed by atoms with E-state index in [2.05, 4.69) is 36.2 Å². The molecule has 3 rings (SSSR count). The van der Waals surface area contributed by atoms with Gasteiger partial charge in [0.05, 0.1) is 0 Å². The molecule has 5 heteroatoms. The zero-order chi connectivity index (χ0) is 18.7. The fourth-order valence-electron chi connectivity index (χ4n) is 2.58. The molecular weight excluding hydrogens is 326 g/mol. The van der Waals surface area contributed by atoms with E-state index in [0.29, 0.717) is 17.3 Å². The van der Waals surface area contributed by atoms with Crippen LogP contribution in [0.4, 0.5) is 0 Å². The summed E-state index contributed by atoms with van der Waals surface area (Å²) in [5, 5.41) is 6.89. The number of nitrogens with one attached hydrogen (secondary N) is 1. The highest BCUT2D eigenvalue weighted by Crippen LogP contribution is 2.23. The minimum Gasteiger partial charge on any atom is -0.341 e. The van der Waals surface area contributed by atoms with Crippen LogP contribution in [-0.2, 0) is 5.41 Å². The molecule has 2 aromatic carbocycles. The topological polar surface area (TPSA) is 68.0 Å². The van der Waals surface area contributed by atoms with Crippen molar-refractivity contribution in [3.63, 3.8) is 0 Å². The number of nitrogens with zero attached hydrogens (tertiary/aromatic N) is 2. The van der Waals surface area contributed by atoms with Gasteiger partial charge in [-0.15, -0.1) is 0 Å². The molecular formula is C21H23N3O2. The number of carbonyl (C=O) groups is 1. The number of aromatic nitrogens is 2. The van der Waals surface area contributed by atoms with Crippen molar-refractivity contribution < 1.29 is 9.32 Å². The van der Waals surface area contributed by atoms with Crippen LogP contribution in [0.15, 0.2) is 59.1 Å².